The Bertz CT molecular complexity index is 600. The van der Waals surface area contributed by atoms with Crippen LogP contribution in [0.15, 0.2) is 42.5 Å². The van der Waals surface area contributed by atoms with Gasteiger partial charge in [-0.3, -0.25) is 0 Å². The molecule has 112 valence electrons. The quantitative estimate of drug-likeness (QED) is 0.873. The second kappa shape index (κ2) is 6.92. The lowest BCUT2D eigenvalue weighted by Crippen LogP contribution is -2.31. The van der Waals surface area contributed by atoms with E-state index < -0.39 is 0 Å². The van der Waals surface area contributed by atoms with Crippen LogP contribution in [0.3, 0.4) is 0 Å². The van der Waals surface area contributed by atoms with Gasteiger partial charge in [-0.2, -0.15) is 0 Å². The van der Waals surface area contributed by atoms with Crippen molar-refractivity contribution in [2.75, 3.05) is 0 Å². The third kappa shape index (κ3) is 3.96. The molecule has 0 radical (unpaired) electrons. The zero-order chi connectivity index (χ0) is 15.4. The minimum Gasteiger partial charge on any atom is -0.484 e. The molecule has 2 aromatic rings. The van der Waals surface area contributed by atoms with Crippen LogP contribution in [0, 0.1) is 12.7 Å². The molecule has 0 aliphatic rings. The van der Waals surface area contributed by atoms with Crippen LogP contribution < -0.4 is 10.5 Å². The van der Waals surface area contributed by atoms with Crippen LogP contribution in [0.2, 0.25) is 5.02 Å². The fourth-order valence-corrected chi connectivity index (χ4v) is 2.19. The molecule has 2 N–H and O–H groups in total. The highest BCUT2D eigenvalue weighted by molar-refractivity contribution is 6.30. The Morgan fingerprint density at radius 1 is 1.19 bits per heavy atom. The third-order valence-corrected chi connectivity index (χ3v) is 3.72. The molecule has 0 aromatic heterocycles. The third-order valence-electron chi connectivity index (χ3n) is 3.47. The Kier molecular flexibility index (Phi) is 5.21. The number of aryl methyl sites for hydroxylation is 1. The summed E-state index contributed by atoms with van der Waals surface area (Å²) < 4.78 is 19.6. The maximum absolute atomic E-state index is 13.6. The number of benzene rings is 2. The first-order valence-electron chi connectivity index (χ1n) is 6.95. The van der Waals surface area contributed by atoms with Gasteiger partial charge in [0.1, 0.15) is 17.7 Å². The summed E-state index contributed by atoms with van der Waals surface area (Å²) in [4.78, 5) is 0. The molecule has 2 aromatic carbocycles. The number of hydrogen-bond acceptors (Lipinski definition) is 2. The van der Waals surface area contributed by atoms with Gasteiger partial charge in [0.2, 0.25) is 0 Å². The molecule has 0 aliphatic heterocycles. The summed E-state index contributed by atoms with van der Waals surface area (Å²) in [5.74, 6) is 0.189. The van der Waals surface area contributed by atoms with E-state index in [2.05, 4.69) is 0 Å². The first kappa shape index (κ1) is 15.8. The highest BCUT2D eigenvalue weighted by atomic mass is 35.5. The minimum absolute atomic E-state index is 0.185. The van der Waals surface area contributed by atoms with Gasteiger partial charge in [-0.05, 0) is 42.7 Å². The molecule has 21 heavy (non-hydrogen) atoms. The van der Waals surface area contributed by atoms with Crippen LogP contribution in [-0.4, -0.2) is 6.04 Å². The van der Waals surface area contributed by atoms with Crippen LogP contribution >= 0.6 is 11.6 Å². The zero-order valence-corrected chi connectivity index (χ0v) is 12.9. The smallest absolute Gasteiger partial charge is 0.139 e. The number of ether oxygens (including phenoxy) is 1. The van der Waals surface area contributed by atoms with Crippen molar-refractivity contribution >= 4 is 11.6 Å². The lowest BCUT2D eigenvalue weighted by molar-refractivity contribution is 0.170. The number of rotatable bonds is 5. The first-order chi connectivity index (χ1) is 10.0. The Morgan fingerprint density at radius 2 is 1.86 bits per heavy atom. The van der Waals surface area contributed by atoms with E-state index >= 15 is 0 Å². The summed E-state index contributed by atoms with van der Waals surface area (Å²) >= 11 is 5.91. The molecule has 0 bridgehead atoms. The molecule has 0 spiro atoms. The van der Waals surface area contributed by atoms with Crippen molar-refractivity contribution in [3.63, 3.8) is 0 Å². The minimum atomic E-state index is -0.339. The molecular weight excluding hydrogens is 289 g/mol. The van der Waals surface area contributed by atoms with E-state index in [0.29, 0.717) is 16.3 Å². The van der Waals surface area contributed by atoms with E-state index in [0.717, 1.165) is 12.0 Å². The summed E-state index contributed by atoms with van der Waals surface area (Å²) in [6, 6.07) is 12.0. The van der Waals surface area contributed by atoms with E-state index in [9.17, 15) is 4.39 Å². The van der Waals surface area contributed by atoms with Crippen LogP contribution in [-0.2, 0) is 0 Å². The van der Waals surface area contributed by atoms with Gasteiger partial charge in [-0.1, -0.05) is 36.7 Å². The van der Waals surface area contributed by atoms with Crippen molar-refractivity contribution in [2.45, 2.75) is 32.4 Å². The monoisotopic (exact) mass is 307 g/mol. The maximum atomic E-state index is 13.6. The average Bonchev–Trinajstić information content (AvgIpc) is 2.48. The standard InChI is InChI=1S/C17H19ClFNO/c1-3-16(20)17(12-5-7-13(18)8-6-12)21-14-9-4-11(2)15(19)10-14/h4-10,16-17H,3,20H2,1-2H3. The zero-order valence-electron chi connectivity index (χ0n) is 12.1. The Hall–Kier alpha value is -1.58. The van der Waals surface area contributed by atoms with E-state index in [1.165, 1.54) is 6.07 Å². The Balaban J connectivity index is 2.28. The molecule has 0 amide bonds. The van der Waals surface area contributed by atoms with E-state index in [1.54, 1.807) is 31.2 Å². The van der Waals surface area contributed by atoms with Gasteiger partial charge in [-0.25, -0.2) is 4.39 Å². The van der Waals surface area contributed by atoms with Crippen molar-refractivity contribution in [2.24, 2.45) is 5.73 Å². The highest BCUT2D eigenvalue weighted by Gasteiger charge is 2.21. The van der Waals surface area contributed by atoms with Gasteiger partial charge in [0.05, 0.1) is 0 Å². The number of hydrogen-bond donors (Lipinski definition) is 1. The number of halogens is 2. The van der Waals surface area contributed by atoms with Crippen molar-refractivity contribution < 1.29 is 9.13 Å². The predicted molar refractivity (Wildman–Crippen MR) is 84.2 cm³/mol. The van der Waals surface area contributed by atoms with Gasteiger partial charge < -0.3 is 10.5 Å². The summed E-state index contributed by atoms with van der Waals surface area (Å²) in [5.41, 5.74) is 7.67. The second-order valence-corrected chi connectivity index (χ2v) is 5.51. The van der Waals surface area contributed by atoms with E-state index in [-0.39, 0.29) is 18.0 Å². The lowest BCUT2D eigenvalue weighted by Gasteiger charge is -2.25. The van der Waals surface area contributed by atoms with Gasteiger partial charge in [0.15, 0.2) is 0 Å². The van der Waals surface area contributed by atoms with E-state index in [4.69, 9.17) is 22.1 Å². The predicted octanol–water partition coefficient (Wildman–Crippen LogP) is 4.64. The number of nitrogens with two attached hydrogens (primary N) is 1. The molecule has 0 saturated heterocycles. The van der Waals surface area contributed by atoms with Gasteiger partial charge in [0, 0.05) is 17.1 Å². The molecule has 2 rings (SSSR count). The summed E-state index contributed by atoms with van der Waals surface area (Å²) in [6.07, 6.45) is 0.413. The lowest BCUT2D eigenvalue weighted by atomic mass is 10.0. The molecule has 0 heterocycles. The molecule has 2 nitrogen and oxygen atoms in total. The largest absolute Gasteiger partial charge is 0.484 e. The van der Waals surface area contributed by atoms with Gasteiger partial charge in [-0.15, -0.1) is 0 Å². The van der Waals surface area contributed by atoms with Crippen LogP contribution in [0.4, 0.5) is 4.39 Å². The summed E-state index contributed by atoms with van der Waals surface area (Å²) in [5, 5.41) is 0.656. The van der Waals surface area contributed by atoms with Crippen LogP contribution in [0.25, 0.3) is 0 Å². The van der Waals surface area contributed by atoms with Crippen molar-refractivity contribution in [3.05, 3.63) is 64.4 Å². The molecule has 2 atom stereocenters. The first-order valence-corrected chi connectivity index (χ1v) is 7.33. The van der Waals surface area contributed by atoms with Gasteiger partial charge >= 0.3 is 0 Å². The Labute approximate surface area is 129 Å². The Morgan fingerprint density at radius 3 is 2.43 bits per heavy atom. The molecule has 0 fully saturated rings. The summed E-state index contributed by atoms with van der Waals surface area (Å²) in [7, 11) is 0. The summed E-state index contributed by atoms with van der Waals surface area (Å²) in [6.45, 7) is 3.71. The fourth-order valence-electron chi connectivity index (χ4n) is 2.06. The van der Waals surface area contributed by atoms with Crippen LogP contribution in [0.1, 0.15) is 30.6 Å². The van der Waals surface area contributed by atoms with Crippen molar-refractivity contribution in [1.29, 1.82) is 0 Å². The van der Waals surface area contributed by atoms with E-state index in [1.807, 2.05) is 19.1 Å². The second-order valence-electron chi connectivity index (χ2n) is 5.07. The molecule has 2 unspecified atom stereocenters. The maximum Gasteiger partial charge on any atom is 0.139 e. The molecule has 4 heteroatoms. The average molecular weight is 308 g/mol. The fraction of sp³-hybridized carbons (Fsp3) is 0.294. The topological polar surface area (TPSA) is 35.2 Å². The normalized spacial score (nSPS) is 13.8. The molecular formula is C17H19ClFNO. The SMILES string of the molecule is CCC(N)C(Oc1ccc(C)c(F)c1)c1ccc(Cl)cc1. The molecule has 0 aliphatic carbocycles. The van der Waals surface area contributed by atoms with Gasteiger partial charge in [0.25, 0.3) is 0 Å². The van der Waals surface area contributed by atoms with Crippen molar-refractivity contribution in [1.82, 2.24) is 0 Å². The molecule has 0 saturated carbocycles. The van der Waals surface area contributed by atoms with Crippen molar-refractivity contribution in [3.8, 4) is 5.75 Å². The highest BCUT2D eigenvalue weighted by Crippen LogP contribution is 2.27. The van der Waals surface area contributed by atoms with Crippen LogP contribution in [0.5, 0.6) is 5.75 Å².